The summed E-state index contributed by atoms with van der Waals surface area (Å²) in [6.45, 7) is 4.63. The van der Waals surface area contributed by atoms with E-state index < -0.39 is 8.80 Å². The molecule has 1 amide bonds. The molecule has 1 saturated heterocycles. The third-order valence-electron chi connectivity index (χ3n) is 2.81. The van der Waals surface area contributed by atoms with Crippen molar-refractivity contribution in [3.05, 3.63) is 5.32 Å². The van der Waals surface area contributed by atoms with Gasteiger partial charge in [-0.1, -0.05) is 0 Å². The van der Waals surface area contributed by atoms with E-state index in [2.05, 4.69) is 15.5 Å². The predicted molar refractivity (Wildman–Crippen MR) is 69.0 cm³/mol. The monoisotopic (exact) mass is 382 g/mol. The van der Waals surface area contributed by atoms with Crippen molar-refractivity contribution in [1.29, 1.82) is 0 Å². The number of hydrogen-bond donors (Lipinski definition) is 4. The molecule has 0 atom stereocenters. The minimum Gasteiger partial charge on any atom is -0.660 e. The van der Waals surface area contributed by atoms with E-state index in [1.165, 1.54) is 0 Å². The molecule has 19 heavy (non-hydrogen) atoms. The summed E-state index contributed by atoms with van der Waals surface area (Å²) in [5.74, 6) is -0.0430. The maximum Gasteiger partial charge on any atom is 2.00 e. The maximum absolute atomic E-state index is 11.5. The first-order valence-electron chi connectivity index (χ1n) is 6.27. The van der Waals surface area contributed by atoms with Crippen LogP contribution in [0.15, 0.2) is 0 Å². The summed E-state index contributed by atoms with van der Waals surface area (Å²) in [5.41, 5.74) is 0. The minimum absolute atomic E-state index is 0. The third kappa shape index (κ3) is 10.6. The van der Waals surface area contributed by atoms with Crippen LogP contribution in [-0.4, -0.2) is 73.3 Å². The normalized spacial score (nSPS) is 16.8. The van der Waals surface area contributed by atoms with Gasteiger partial charge < -0.3 is 29.9 Å². The number of nitrogens with one attached hydrogen (secondary N) is 1. The van der Waals surface area contributed by atoms with Crippen molar-refractivity contribution in [3.63, 3.8) is 0 Å². The van der Waals surface area contributed by atoms with Crippen LogP contribution in [0, 0.1) is 0 Å². The molecule has 0 aromatic rings. The van der Waals surface area contributed by atoms with E-state index in [-0.39, 0.29) is 32.4 Å². The van der Waals surface area contributed by atoms with Gasteiger partial charge in [-0.15, -0.1) is 13.1 Å². The quantitative estimate of drug-likeness (QED) is 0.316. The molecule has 1 aliphatic heterocycles. The summed E-state index contributed by atoms with van der Waals surface area (Å²) in [5, 5.41) is 6.92. The molecule has 1 aliphatic rings. The van der Waals surface area contributed by atoms with Gasteiger partial charge >= 0.3 is 29.2 Å². The zero-order chi connectivity index (χ0) is 13.4. The van der Waals surface area contributed by atoms with E-state index in [1.54, 1.807) is 0 Å². The van der Waals surface area contributed by atoms with Crippen LogP contribution in [0.2, 0.25) is 6.04 Å². The number of amides is 1. The molecule has 0 radical (unpaired) electrons. The van der Waals surface area contributed by atoms with Gasteiger partial charge in [-0.05, 0) is 19.5 Å². The van der Waals surface area contributed by atoms with Gasteiger partial charge in [0.1, 0.15) is 0 Å². The molecule has 114 valence electrons. The first-order chi connectivity index (χ1) is 8.47. The summed E-state index contributed by atoms with van der Waals surface area (Å²) in [6, 6.07) is -0.0408. The van der Waals surface area contributed by atoms with Crippen LogP contribution in [0.3, 0.4) is 0 Å². The van der Waals surface area contributed by atoms with Gasteiger partial charge in [-0.2, -0.15) is 0 Å². The Morgan fingerprint density at radius 1 is 1.26 bits per heavy atom. The van der Waals surface area contributed by atoms with Crippen molar-refractivity contribution < 1.29 is 39.6 Å². The van der Waals surface area contributed by atoms with Gasteiger partial charge in [0.15, 0.2) is 0 Å². The number of hydrogen-bond acceptors (Lipinski definition) is 5. The smallest absolute Gasteiger partial charge is 0.660 e. The molecule has 4 N–H and O–H groups in total. The Hall–Kier alpha value is 0.149. The number of rotatable bonds is 7. The second-order valence-corrected chi connectivity index (χ2v) is 6.54. The van der Waals surface area contributed by atoms with Crippen LogP contribution >= 0.6 is 0 Å². The Bertz CT molecular complexity index is 260. The Kier molecular flexibility index (Phi) is 10.0. The molecule has 1 heterocycles. The van der Waals surface area contributed by atoms with Gasteiger partial charge in [-0.25, -0.2) is 0 Å². The number of carbonyl (C=O) groups excluding carboxylic acids is 1. The van der Waals surface area contributed by atoms with E-state index in [4.69, 9.17) is 14.4 Å². The van der Waals surface area contributed by atoms with E-state index in [9.17, 15) is 4.79 Å². The van der Waals surface area contributed by atoms with Crippen molar-refractivity contribution in [3.8, 4) is 0 Å². The van der Waals surface area contributed by atoms with Crippen molar-refractivity contribution in [2.24, 2.45) is 0 Å². The molecule has 0 aromatic carbocycles. The first kappa shape index (κ1) is 19.1. The maximum atomic E-state index is 11.5. The van der Waals surface area contributed by atoms with Gasteiger partial charge in [0.25, 0.3) is 0 Å². The second kappa shape index (κ2) is 9.96. The van der Waals surface area contributed by atoms with Crippen LogP contribution in [0.5, 0.6) is 0 Å². The molecule has 1 fully saturated rings. The number of piperazine rings is 1. The average Bonchev–Trinajstić information content (AvgIpc) is 2.32. The molecule has 0 saturated carbocycles. The predicted octanol–water partition coefficient (Wildman–Crippen LogP) is -1.51. The summed E-state index contributed by atoms with van der Waals surface area (Å²) < 4.78 is 0. The molecule has 7 nitrogen and oxygen atoms in total. The summed E-state index contributed by atoms with van der Waals surface area (Å²) in [7, 11) is -3.94. The molecule has 0 unspecified atom stereocenters. The van der Waals surface area contributed by atoms with E-state index >= 15 is 0 Å². The van der Waals surface area contributed by atoms with E-state index in [1.807, 2.05) is 0 Å². The van der Waals surface area contributed by atoms with Crippen molar-refractivity contribution in [2.45, 2.75) is 18.9 Å². The standard InChI is InChI=1S/C10H22N3O4Si.Pd/c14-10(12-3-1-9-18(15,16)17)2-6-13-7-4-11-5-8-13;/h15-17H,1-9H2,(H,12,14);/q-1;+2. The van der Waals surface area contributed by atoms with Crippen LogP contribution in [0.25, 0.3) is 5.32 Å². The summed E-state index contributed by atoms with van der Waals surface area (Å²) >= 11 is 0. The number of carbonyl (C=O) groups is 1. The molecular formula is C10H22N3O4PdSi+. The molecule has 0 spiro atoms. The Labute approximate surface area is 128 Å². The van der Waals surface area contributed by atoms with Crippen LogP contribution < -0.4 is 5.32 Å². The SMILES string of the molecule is O=C(CCN1CC[N-]CC1)NCCC[Si](O)(O)O.[Pd+2]. The van der Waals surface area contributed by atoms with Gasteiger partial charge in [0.2, 0.25) is 5.91 Å². The minimum atomic E-state index is -3.94. The topological polar surface area (TPSA) is 107 Å². The molecular weight excluding hydrogens is 361 g/mol. The Morgan fingerprint density at radius 3 is 2.47 bits per heavy atom. The first-order valence-corrected chi connectivity index (χ1v) is 8.32. The molecule has 0 aromatic heterocycles. The Balaban J connectivity index is 0.00000324. The zero-order valence-electron chi connectivity index (χ0n) is 10.8. The van der Waals surface area contributed by atoms with Gasteiger partial charge in [-0.3, -0.25) is 4.79 Å². The Morgan fingerprint density at radius 2 is 1.89 bits per heavy atom. The zero-order valence-corrected chi connectivity index (χ0v) is 13.4. The fraction of sp³-hybridized carbons (Fsp3) is 0.900. The molecule has 1 rings (SSSR count). The van der Waals surface area contributed by atoms with Crippen LogP contribution in [-0.2, 0) is 25.2 Å². The van der Waals surface area contributed by atoms with Crippen molar-refractivity contribution in [1.82, 2.24) is 10.2 Å². The third-order valence-corrected chi connectivity index (χ3v) is 3.84. The molecule has 9 heteroatoms. The van der Waals surface area contributed by atoms with E-state index in [0.717, 1.165) is 32.7 Å². The van der Waals surface area contributed by atoms with Gasteiger partial charge in [0.05, 0.1) is 0 Å². The van der Waals surface area contributed by atoms with Crippen molar-refractivity contribution in [2.75, 3.05) is 39.3 Å². The summed E-state index contributed by atoms with van der Waals surface area (Å²) in [6.07, 6.45) is 0.823. The van der Waals surface area contributed by atoms with E-state index in [0.29, 0.717) is 19.4 Å². The number of nitrogens with zero attached hydrogens (tertiary/aromatic N) is 2. The van der Waals surface area contributed by atoms with Gasteiger partial charge in [0, 0.05) is 25.6 Å². The fourth-order valence-electron chi connectivity index (χ4n) is 1.77. The second-order valence-electron chi connectivity index (χ2n) is 4.49. The summed E-state index contributed by atoms with van der Waals surface area (Å²) in [4.78, 5) is 40.0. The van der Waals surface area contributed by atoms with Crippen LogP contribution in [0.4, 0.5) is 0 Å². The molecule has 0 bridgehead atoms. The van der Waals surface area contributed by atoms with Crippen LogP contribution in [0.1, 0.15) is 12.8 Å². The van der Waals surface area contributed by atoms with Crippen molar-refractivity contribution >= 4 is 14.7 Å². The largest absolute Gasteiger partial charge is 2.00 e. The average molecular weight is 383 g/mol. The fourth-order valence-corrected chi connectivity index (χ4v) is 2.42. The molecule has 0 aliphatic carbocycles.